The Morgan fingerprint density at radius 1 is 1.23 bits per heavy atom. The smallest absolute Gasteiger partial charge is 0.199 e. The number of hydrogen-bond donors (Lipinski definition) is 0. The van der Waals surface area contributed by atoms with Gasteiger partial charge in [-0.25, -0.2) is 0 Å². The van der Waals surface area contributed by atoms with Crippen LogP contribution in [0.2, 0.25) is 0 Å². The van der Waals surface area contributed by atoms with Crippen molar-refractivity contribution in [3.8, 4) is 12.1 Å². The summed E-state index contributed by atoms with van der Waals surface area (Å²) in [5.74, 6) is 0.739. The van der Waals surface area contributed by atoms with Crippen molar-refractivity contribution in [2.45, 2.75) is 25.8 Å². The van der Waals surface area contributed by atoms with Gasteiger partial charge in [-0.2, -0.15) is 10.5 Å². The molecule has 138 valence electrons. The van der Waals surface area contributed by atoms with Crippen molar-refractivity contribution in [1.29, 1.82) is 10.5 Å². The lowest BCUT2D eigenvalue weighted by molar-refractivity contribution is 0.220. The van der Waals surface area contributed by atoms with Crippen molar-refractivity contribution in [3.05, 3.63) is 17.9 Å². The maximum Gasteiger partial charge on any atom is 0.199 e. The summed E-state index contributed by atoms with van der Waals surface area (Å²) in [6.07, 6.45) is 5.65. The zero-order chi connectivity index (χ0) is 18.4. The second-order valence-corrected chi connectivity index (χ2v) is 6.93. The third-order valence-electron chi connectivity index (χ3n) is 5.10. The number of aliphatic imine (C=N–C) groups is 1. The average molecular weight is 354 g/mol. The Hall–Kier alpha value is -2.51. The van der Waals surface area contributed by atoms with Gasteiger partial charge in [0.25, 0.3) is 0 Å². The van der Waals surface area contributed by atoms with Gasteiger partial charge in [-0.3, -0.25) is 9.89 Å². The summed E-state index contributed by atoms with van der Waals surface area (Å²) in [4.78, 5) is 11.0. The highest BCUT2D eigenvalue weighted by molar-refractivity contribution is 5.90. The molecule has 7 nitrogen and oxygen atoms in total. The zero-order valence-corrected chi connectivity index (χ0v) is 15.4. The molecule has 2 aliphatic heterocycles. The fourth-order valence-corrected chi connectivity index (χ4v) is 3.66. The highest BCUT2D eigenvalue weighted by Gasteiger charge is 2.26. The van der Waals surface area contributed by atoms with Crippen LogP contribution in [0.15, 0.2) is 21.7 Å². The standard InChI is InChI=1S/C19H26N6O/c1-23(10-11-25-9-6-22-18(25)17(13-20)14-21)19-16(5-12-26-19)15-24-7-3-2-4-8-24/h5,12,17H,2-4,6-11,15H2,1H3. The third-order valence-corrected chi connectivity index (χ3v) is 5.10. The summed E-state index contributed by atoms with van der Waals surface area (Å²) in [5, 5.41) is 18.2. The van der Waals surface area contributed by atoms with Gasteiger partial charge in [0.2, 0.25) is 0 Å². The maximum atomic E-state index is 9.11. The van der Waals surface area contributed by atoms with Gasteiger partial charge in [0.05, 0.1) is 24.9 Å². The molecule has 0 aromatic carbocycles. The molecule has 1 saturated heterocycles. The minimum Gasteiger partial charge on any atom is -0.448 e. The fourth-order valence-electron chi connectivity index (χ4n) is 3.66. The van der Waals surface area contributed by atoms with E-state index in [1.807, 2.05) is 24.1 Å². The molecular formula is C19H26N6O. The summed E-state index contributed by atoms with van der Waals surface area (Å²) >= 11 is 0. The highest BCUT2D eigenvalue weighted by atomic mass is 16.3. The molecule has 26 heavy (non-hydrogen) atoms. The van der Waals surface area contributed by atoms with Crippen molar-refractivity contribution >= 4 is 11.7 Å². The van der Waals surface area contributed by atoms with E-state index in [2.05, 4.69) is 20.9 Å². The highest BCUT2D eigenvalue weighted by Crippen LogP contribution is 2.24. The summed E-state index contributed by atoms with van der Waals surface area (Å²) in [5.41, 5.74) is 1.22. The molecule has 3 heterocycles. The van der Waals surface area contributed by atoms with Crippen molar-refractivity contribution < 1.29 is 4.42 Å². The van der Waals surface area contributed by atoms with Crippen LogP contribution in [-0.4, -0.2) is 62.0 Å². The molecular weight excluding hydrogens is 328 g/mol. The molecule has 0 N–H and O–H groups in total. The van der Waals surface area contributed by atoms with Crippen LogP contribution in [0, 0.1) is 28.6 Å². The summed E-state index contributed by atoms with van der Waals surface area (Å²) in [6.45, 7) is 6.14. The molecule has 0 unspecified atom stereocenters. The van der Waals surface area contributed by atoms with Crippen LogP contribution < -0.4 is 4.90 Å². The van der Waals surface area contributed by atoms with Gasteiger partial charge in [0, 0.05) is 38.8 Å². The summed E-state index contributed by atoms with van der Waals surface area (Å²) in [7, 11) is 2.03. The predicted molar refractivity (Wildman–Crippen MR) is 99.7 cm³/mol. The minimum absolute atomic E-state index is 0.608. The Morgan fingerprint density at radius 3 is 2.73 bits per heavy atom. The minimum atomic E-state index is -0.777. The Labute approximate surface area is 155 Å². The van der Waals surface area contributed by atoms with Gasteiger partial charge in [-0.1, -0.05) is 6.42 Å². The molecule has 0 aliphatic carbocycles. The number of nitriles is 2. The number of likely N-dealkylation sites (tertiary alicyclic amines) is 1. The van der Waals surface area contributed by atoms with Crippen LogP contribution in [0.5, 0.6) is 0 Å². The van der Waals surface area contributed by atoms with Gasteiger partial charge in [0.15, 0.2) is 11.8 Å². The quantitative estimate of drug-likeness (QED) is 0.745. The van der Waals surface area contributed by atoms with Crippen LogP contribution in [0.3, 0.4) is 0 Å². The lowest BCUT2D eigenvalue weighted by Crippen LogP contribution is -2.38. The number of amidine groups is 1. The Balaban J connectivity index is 1.57. The van der Waals surface area contributed by atoms with E-state index in [0.29, 0.717) is 12.4 Å². The zero-order valence-electron chi connectivity index (χ0n) is 15.4. The van der Waals surface area contributed by atoms with E-state index >= 15 is 0 Å². The number of furan rings is 1. The van der Waals surface area contributed by atoms with Crippen LogP contribution in [0.25, 0.3) is 0 Å². The van der Waals surface area contributed by atoms with Crippen molar-refractivity contribution in [2.75, 3.05) is 51.2 Å². The molecule has 1 aromatic rings. The van der Waals surface area contributed by atoms with Crippen molar-refractivity contribution in [3.63, 3.8) is 0 Å². The lowest BCUT2D eigenvalue weighted by Gasteiger charge is -2.28. The van der Waals surface area contributed by atoms with E-state index in [-0.39, 0.29) is 0 Å². The van der Waals surface area contributed by atoms with E-state index in [0.717, 1.165) is 45.2 Å². The molecule has 7 heteroatoms. The van der Waals surface area contributed by atoms with Gasteiger partial charge >= 0.3 is 0 Å². The van der Waals surface area contributed by atoms with Crippen molar-refractivity contribution in [1.82, 2.24) is 9.80 Å². The Morgan fingerprint density at radius 2 is 2.00 bits per heavy atom. The first-order valence-electron chi connectivity index (χ1n) is 9.31. The molecule has 0 atom stereocenters. The largest absolute Gasteiger partial charge is 0.448 e. The Kier molecular flexibility index (Phi) is 6.14. The first-order chi connectivity index (χ1) is 12.7. The predicted octanol–water partition coefficient (Wildman–Crippen LogP) is 2.08. The van der Waals surface area contributed by atoms with Crippen LogP contribution in [-0.2, 0) is 6.54 Å². The third kappa shape index (κ3) is 4.17. The fraction of sp³-hybridized carbons (Fsp3) is 0.632. The van der Waals surface area contributed by atoms with E-state index in [1.165, 1.54) is 24.8 Å². The van der Waals surface area contributed by atoms with Gasteiger partial charge in [-0.15, -0.1) is 0 Å². The van der Waals surface area contributed by atoms with E-state index in [9.17, 15) is 0 Å². The van der Waals surface area contributed by atoms with Crippen LogP contribution in [0.1, 0.15) is 24.8 Å². The van der Waals surface area contributed by atoms with Gasteiger partial charge in [0.1, 0.15) is 5.84 Å². The average Bonchev–Trinajstić information content (AvgIpc) is 3.31. The van der Waals surface area contributed by atoms with E-state index in [4.69, 9.17) is 14.9 Å². The first kappa shape index (κ1) is 18.3. The van der Waals surface area contributed by atoms with Crippen LogP contribution in [0.4, 0.5) is 5.88 Å². The molecule has 0 radical (unpaired) electrons. The van der Waals surface area contributed by atoms with Crippen LogP contribution >= 0.6 is 0 Å². The second kappa shape index (κ2) is 8.73. The number of piperidine rings is 1. The number of likely N-dealkylation sites (N-methyl/N-ethyl adjacent to an activating group) is 1. The number of anilines is 1. The first-order valence-corrected chi connectivity index (χ1v) is 9.31. The number of hydrogen-bond acceptors (Lipinski definition) is 7. The molecule has 1 fully saturated rings. The molecule has 0 amide bonds. The molecule has 0 bridgehead atoms. The Bertz CT molecular complexity index is 692. The molecule has 0 saturated carbocycles. The molecule has 0 spiro atoms. The van der Waals surface area contributed by atoms with E-state index in [1.54, 1.807) is 6.26 Å². The molecule has 1 aromatic heterocycles. The number of nitrogens with zero attached hydrogens (tertiary/aromatic N) is 6. The monoisotopic (exact) mass is 354 g/mol. The SMILES string of the molecule is CN(CCN1CCN=C1C(C#N)C#N)c1occc1CN1CCCCC1. The molecule has 2 aliphatic rings. The maximum absolute atomic E-state index is 9.11. The van der Waals surface area contributed by atoms with E-state index < -0.39 is 5.92 Å². The summed E-state index contributed by atoms with van der Waals surface area (Å²) in [6, 6.07) is 6.10. The molecule has 3 rings (SSSR count). The van der Waals surface area contributed by atoms with Gasteiger partial charge < -0.3 is 14.2 Å². The van der Waals surface area contributed by atoms with Crippen molar-refractivity contribution in [2.24, 2.45) is 10.9 Å². The number of rotatable bonds is 7. The summed E-state index contributed by atoms with van der Waals surface area (Å²) < 4.78 is 5.75. The normalized spacial score (nSPS) is 17.8. The second-order valence-electron chi connectivity index (χ2n) is 6.93. The topological polar surface area (TPSA) is 82.8 Å². The van der Waals surface area contributed by atoms with Gasteiger partial charge in [-0.05, 0) is 32.0 Å². The lowest BCUT2D eigenvalue weighted by atomic mass is 10.1.